The molecule has 0 bridgehead atoms. The van der Waals surface area contributed by atoms with E-state index >= 15 is 0 Å². The largest absolute Gasteiger partial charge is 0.370 e. The van der Waals surface area contributed by atoms with E-state index in [9.17, 15) is 0 Å². The standard InChI is InChI=1S/C16H23N7S.HI/c1-21(2)14-13(4-3-5-18-14)12-20-15(17)22-7-9-23(10-8-22)16-19-6-11-24-16;/h3-6,11H,7-10,12H2,1-2H3,(H2,17,20);1H. The first-order valence-corrected chi connectivity index (χ1v) is 8.83. The molecule has 1 saturated heterocycles. The zero-order chi connectivity index (χ0) is 16.9. The van der Waals surface area contributed by atoms with Crippen LogP contribution in [0.2, 0.25) is 0 Å². The van der Waals surface area contributed by atoms with Crippen LogP contribution in [0, 0.1) is 0 Å². The van der Waals surface area contributed by atoms with Gasteiger partial charge in [-0.2, -0.15) is 0 Å². The van der Waals surface area contributed by atoms with Gasteiger partial charge in [0.25, 0.3) is 0 Å². The molecule has 1 aliphatic heterocycles. The number of nitrogens with zero attached hydrogens (tertiary/aromatic N) is 6. The number of nitrogens with two attached hydrogens (primary N) is 1. The second kappa shape index (κ2) is 9.18. The lowest BCUT2D eigenvalue weighted by molar-refractivity contribution is 0.380. The van der Waals surface area contributed by atoms with Crippen LogP contribution in [0.4, 0.5) is 10.9 Å². The van der Waals surface area contributed by atoms with E-state index in [1.165, 1.54) is 0 Å². The van der Waals surface area contributed by atoms with Gasteiger partial charge < -0.3 is 20.4 Å². The quantitative estimate of drug-likeness (QED) is 0.415. The number of hydrogen-bond acceptors (Lipinski definition) is 6. The Balaban J connectivity index is 0.00000225. The molecule has 0 unspecified atom stereocenters. The van der Waals surface area contributed by atoms with E-state index in [-0.39, 0.29) is 24.0 Å². The molecule has 3 heterocycles. The number of piperazine rings is 1. The van der Waals surface area contributed by atoms with E-state index < -0.39 is 0 Å². The first kappa shape index (κ1) is 19.7. The third-order valence-corrected chi connectivity index (χ3v) is 4.83. The van der Waals surface area contributed by atoms with Crippen molar-refractivity contribution >= 4 is 52.2 Å². The number of anilines is 2. The van der Waals surface area contributed by atoms with Crippen molar-refractivity contribution in [3.05, 3.63) is 35.5 Å². The topological polar surface area (TPSA) is 73.9 Å². The molecule has 3 rings (SSSR count). The SMILES string of the molecule is CN(C)c1ncccc1CN=C(N)N1CCN(c2nccs2)CC1.I. The van der Waals surface area contributed by atoms with Crippen LogP contribution >= 0.6 is 35.3 Å². The van der Waals surface area contributed by atoms with Gasteiger partial charge in [0.2, 0.25) is 0 Å². The molecule has 1 aliphatic rings. The molecule has 0 aromatic carbocycles. The van der Waals surface area contributed by atoms with E-state index in [1.807, 2.05) is 42.7 Å². The third kappa shape index (κ3) is 4.94. The fraction of sp³-hybridized carbons (Fsp3) is 0.438. The van der Waals surface area contributed by atoms with Crippen molar-refractivity contribution in [2.24, 2.45) is 10.7 Å². The summed E-state index contributed by atoms with van der Waals surface area (Å²) in [5.41, 5.74) is 7.27. The highest BCUT2D eigenvalue weighted by atomic mass is 127. The maximum absolute atomic E-state index is 6.20. The van der Waals surface area contributed by atoms with Gasteiger partial charge in [-0.25, -0.2) is 15.0 Å². The fourth-order valence-electron chi connectivity index (χ4n) is 2.72. The van der Waals surface area contributed by atoms with Gasteiger partial charge in [-0.05, 0) is 6.07 Å². The lowest BCUT2D eigenvalue weighted by atomic mass is 10.2. The van der Waals surface area contributed by atoms with Crippen molar-refractivity contribution in [3.63, 3.8) is 0 Å². The van der Waals surface area contributed by atoms with Crippen LogP contribution in [-0.4, -0.2) is 61.1 Å². The van der Waals surface area contributed by atoms with E-state index in [2.05, 4.69) is 24.8 Å². The molecule has 7 nitrogen and oxygen atoms in total. The molecule has 136 valence electrons. The molecule has 9 heteroatoms. The Morgan fingerprint density at radius 1 is 1.24 bits per heavy atom. The zero-order valence-electron chi connectivity index (χ0n) is 14.5. The normalized spacial score (nSPS) is 15.0. The number of halogens is 1. The Morgan fingerprint density at radius 2 is 2.00 bits per heavy atom. The molecule has 2 N–H and O–H groups in total. The monoisotopic (exact) mass is 473 g/mol. The summed E-state index contributed by atoms with van der Waals surface area (Å²) in [6.07, 6.45) is 3.64. The van der Waals surface area contributed by atoms with Gasteiger partial charge in [-0.3, -0.25) is 0 Å². The Bertz CT molecular complexity index is 682. The number of thiazole rings is 1. The highest BCUT2D eigenvalue weighted by Crippen LogP contribution is 2.19. The summed E-state index contributed by atoms with van der Waals surface area (Å²) >= 11 is 1.67. The Hall–Kier alpha value is -1.62. The van der Waals surface area contributed by atoms with Gasteiger partial charge in [0.05, 0.1) is 6.54 Å². The van der Waals surface area contributed by atoms with Gasteiger partial charge in [0, 0.05) is 63.6 Å². The molecule has 25 heavy (non-hydrogen) atoms. The predicted octanol–water partition coefficient (Wildman–Crippen LogP) is 1.86. The van der Waals surface area contributed by atoms with Crippen molar-refractivity contribution in [3.8, 4) is 0 Å². The Labute approximate surface area is 169 Å². The smallest absolute Gasteiger partial charge is 0.191 e. The minimum Gasteiger partial charge on any atom is -0.370 e. The molecular formula is C16H24IN7S. The maximum Gasteiger partial charge on any atom is 0.191 e. The predicted molar refractivity (Wildman–Crippen MR) is 115 cm³/mol. The molecule has 2 aromatic heterocycles. The van der Waals surface area contributed by atoms with Crippen LogP contribution < -0.4 is 15.5 Å². The van der Waals surface area contributed by atoms with Crippen molar-refractivity contribution in [2.45, 2.75) is 6.54 Å². The second-order valence-corrected chi connectivity index (χ2v) is 6.72. The second-order valence-electron chi connectivity index (χ2n) is 5.84. The molecule has 0 radical (unpaired) electrons. The number of guanidine groups is 1. The fourth-order valence-corrected chi connectivity index (χ4v) is 3.42. The van der Waals surface area contributed by atoms with Crippen molar-refractivity contribution in [2.75, 3.05) is 50.1 Å². The number of hydrogen-bond donors (Lipinski definition) is 1. The lowest BCUT2D eigenvalue weighted by Gasteiger charge is -2.35. The lowest BCUT2D eigenvalue weighted by Crippen LogP contribution is -2.51. The summed E-state index contributed by atoms with van der Waals surface area (Å²) in [7, 11) is 3.97. The van der Waals surface area contributed by atoms with Crippen LogP contribution in [0.1, 0.15) is 5.56 Å². The van der Waals surface area contributed by atoms with Crippen molar-refractivity contribution in [1.29, 1.82) is 0 Å². The molecule has 2 aromatic rings. The maximum atomic E-state index is 6.20. The Morgan fingerprint density at radius 3 is 2.64 bits per heavy atom. The summed E-state index contributed by atoms with van der Waals surface area (Å²) in [6, 6.07) is 3.97. The van der Waals surface area contributed by atoms with Gasteiger partial charge in [0.1, 0.15) is 5.82 Å². The minimum absolute atomic E-state index is 0. The Kier molecular flexibility index (Phi) is 7.24. The molecule has 0 atom stereocenters. The minimum atomic E-state index is 0. The van der Waals surface area contributed by atoms with E-state index in [4.69, 9.17) is 5.73 Å². The number of rotatable bonds is 4. The van der Waals surface area contributed by atoms with Crippen LogP contribution in [0.5, 0.6) is 0 Å². The summed E-state index contributed by atoms with van der Waals surface area (Å²) in [6.45, 7) is 4.10. The first-order chi connectivity index (χ1) is 11.6. The highest BCUT2D eigenvalue weighted by Gasteiger charge is 2.19. The first-order valence-electron chi connectivity index (χ1n) is 7.95. The van der Waals surface area contributed by atoms with Gasteiger partial charge in [-0.1, -0.05) is 6.07 Å². The summed E-state index contributed by atoms with van der Waals surface area (Å²) in [4.78, 5) is 19.8. The molecule has 0 aliphatic carbocycles. The average molecular weight is 473 g/mol. The van der Waals surface area contributed by atoms with Gasteiger partial charge in [-0.15, -0.1) is 35.3 Å². The molecular weight excluding hydrogens is 449 g/mol. The summed E-state index contributed by atoms with van der Waals surface area (Å²) in [5, 5.41) is 3.09. The number of pyridine rings is 1. The number of aliphatic imine (C=N–C) groups is 1. The third-order valence-electron chi connectivity index (χ3n) is 4.00. The van der Waals surface area contributed by atoms with Crippen molar-refractivity contribution < 1.29 is 0 Å². The van der Waals surface area contributed by atoms with E-state index in [0.717, 1.165) is 42.7 Å². The van der Waals surface area contributed by atoms with Crippen LogP contribution in [0.15, 0.2) is 34.9 Å². The average Bonchev–Trinajstić information content (AvgIpc) is 3.14. The number of aromatic nitrogens is 2. The summed E-state index contributed by atoms with van der Waals surface area (Å²) < 4.78 is 0. The van der Waals surface area contributed by atoms with Gasteiger partial charge >= 0.3 is 0 Å². The molecule has 0 saturated carbocycles. The zero-order valence-corrected chi connectivity index (χ0v) is 17.6. The van der Waals surface area contributed by atoms with E-state index in [1.54, 1.807) is 17.5 Å². The van der Waals surface area contributed by atoms with Crippen LogP contribution in [-0.2, 0) is 6.54 Å². The molecule has 0 spiro atoms. The molecule has 1 fully saturated rings. The van der Waals surface area contributed by atoms with Crippen LogP contribution in [0.3, 0.4) is 0 Å². The van der Waals surface area contributed by atoms with Crippen LogP contribution in [0.25, 0.3) is 0 Å². The van der Waals surface area contributed by atoms with E-state index in [0.29, 0.717) is 12.5 Å². The molecule has 0 amide bonds. The summed E-state index contributed by atoms with van der Waals surface area (Å²) in [5.74, 6) is 1.53. The highest BCUT2D eigenvalue weighted by molar-refractivity contribution is 14.0. The van der Waals surface area contributed by atoms with Crippen molar-refractivity contribution in [1.82, 2.24) is 14.9 Å². The van der Waals surface area contributed by atoms with Gasteiger partial charge in [0.15, 0.2) is 11.1 Å².